The first kappa shape index (κ1) is 29.4. The predicted octanol–water partition coefficient (Wildman–Crippen LogP) is 7.79. The van der Waals surface area contributed by atoms with Crippen molar-refractivity contribution in [3.8, 4) is 0 Å². The standard InChI is InChI=1S/C24H20ClF6N3O3S/c1-22(2,3)19-18(17(11-34(36)37)12-4-6-16(25)7-5-12)38-21(32-19)33-20(35)13-8-14(23(26,27)28)10-15(9-13)24(29,30)31/h4-10,17H,11H2,1-3H3,(H,32,33,35). The molecular formula is C24H20ClF6N3O3S. The van der Waals surface area contributed by atoms with Gasteiger partial charge in [-0.3, -0.25) is 20.2 Å². The van der Waals surface area contributed by atoms with Crippen LogP contribution in [0.1, 0.15) is 64.3 Å². The Morgan fingerprint density at radius 1 is 1.03 bits per heavy atom. The Morgan fingerprint density at radius 2 is 1.55 bits per heavy atom. The van der Waals surface area contributed by atoms with Gasteiger partial charge in [0.25, 0.3) is 5.91 Å². The topological polar surface area (TPSA) is 85.1 Å². The van der Waals surface area contributed by atoms with Crippen LogP contribution >= 0.6 is 22.9 Å². The first-order valence-corrected chi connectivity index (χ1v) is 12.0. The highest BCUT2D eigenvalue weighted by atomic mass is 35.5. The van der Waals surface area contributed by atoms with Gasteiger partial charge in [0.05, 0.1) is 22.7 Å². The summed E-state index contributed by atoms with van der Waals surface area (Å²) in [5.41, 5.74) is -3.93. The summed E-state index contributed by atoms with van der Waals surface area (Å²) in [7, 11) is 0. The molecule has 3 rings (SSSR count). The molecule has 0 saturated carbocycles. The van der Waals surface area contributed by atoms with Crippen LogP contribution in [-0.4, -0.2) is 22.4 Å². The molecule has 1 N–H and O–H groups in total. The third-order valence-electron chi connectivity index (χ3n) is 5.35. The van der Waals surface area contributed by atoms with Gasteiger partial charge in [-0.2, -0.15) is 26.3 Å². The van der Waals surface area contributed by atoms with Gasteiger partial charge in [0.15, 0.2) is 5.13 Å². The van der Waals surface area contributed by atoms with Crippen molar-refractivity contribution in [2.75, 3.05) is 11.9 Å². The van der Waals surface area contributed by atoms with Crippen molar-refractivity contribution < 1.29 is 36.1 Å². The Bertz CT molecular complexity index is 1320. The molecule has 1 amide bonds. The van der Waals surface area contributed by atoms with Gasteiger partial charge in [-0.15, -0.1) is 11.3 Å². The van der Waals surface area contributed by atoms with E-state index < -0.39 is 57.8 Å². The minimum absolute atomic E-state index is 0.0791. The normalized spacial score (nSPS) is 13.3. The van der Waals surface area contributed by atoms with E-state index in [1.54, 1.807) is 45.0 Å². The molecule has 0 aliphatic rings. The summed E-state index contributed by atoms with van der Waals surface area (Å²) in [4.78, 5) is 28.5. The van der Waals surface area contributed by atoms with E-state index in [0.29, 0.717) is 33.3 Å². The average molecular weight is 580 g/mol. The zero-order valence-corrected chi connectivity index (χ0v) is 21.6. The Kier molecular flexibility index (Phi) is 8.13. The molecule has 0 fully saturated rings. The number of hydrogen-bond donors (Lipinski definition) is 1. The van der Waals surface area contributed by atoms with Crippen LogP contribution in [0.3, 0.4) is 0 Å². The van der Waals surface area contributed by atoms with Crippen molar-refractivity contribution in [3.05, 3.63) is 90.4 Å². The number of carbonyl (C=O) groups excluding carboxylic acids is 1. The second-order valence-corrected chi connectivity index (χ2v) is 10.8. The number of anilines is 1. The fraction of sp³-hybridized carbons (Fsp3) is 0.333. The molecule has 204 valence electrons. The van der Waals surface area contributed by atoms with Gasteiger partial charge in [0.2, 0.25) is 6.54 Å². The maximum atomic E-state index is 13.2. The maximum Gasteiger partial charge on any atom is 0.416 e. The number of hydrogen-bond acceptors (Lipinski definition) is 5. The molecule has 0 saturated heterocycles. The van der Waals surface area contributed by atoms with Crippen molar-refractivity contribution in [3.63, 3.8) is 0 Å². The third kappa shape index (κ3) is 7.01. The van der Waals surface area contributed by atoms with Gasteiger partial charge in [-0.1, -0.05) is 44.5 Å². The number of nitrogens with one attached hydrogen (secondary N) is 1. The Labute approximate surface area is 221 Å². The summed E-state index contributed by atoms with van der Waals surface area (Å²) in [5, 5.41) is 14.0. The third-order valence-corrected chi connectivity index (χ3v) is 6.69. The van der Waals surface area contributed by atoms with Crippen LogP contribution in [0.25, 0.3) is 0 Å². The quantitative estimate of drug-likeness (QED) is 0.183. The van der Waals surface area contributed by atoms with Crippen LogP contribution in [-0.2, 0) is 17.8 Å². The van der Waals surface area contributed by atoms with Gasteiger partial charge in [0.1, 0.15) is 0 Å². The number of benzene rings is 2. The van der Waals surface area contributed by atoms with Gasteiger partial charge in [-0.25, -0.2) is 4.98 Å². The molecule has 0 radical (unpaired) electrons. The smallest absolute Gasteiger partial charge is 0.298 e. The highest BCUT2D eigenvalue weighted by Gasteiger charge is 2.38. The minimum Gasteiger partial charge on any atom is -0.298 e. The molecule has 0 aliphatic carbocycles. The van der Waals surface area contributed by atoms with E-state index in [1.807, 2.05) is 0 Å². The van der Waals surface area contributed by atoms with E-state index >= 15 is 0 Å². The van der Waals surface area contributed by atoms with E-state index in [9.17, 15) is 41.3 Å². The number of aromatic nitrogens is 1. The molecule has 1 aromatic heterocycles. The number of amides is 1. The minimum atomic E-state index is -5.13. The number of halogens is 7. The first-order chi connectivity index (χ1) is 17.4. The van der Waals surface area contributed by atoms with Gasteiger partial charge >= 0.3 is 12.4 Å². The monoisotopic (exact) mass is 579 g/mol. The Morgan fingerprint density at radius 3 is 2.00 bits per heavy atom. The number of thiazole rings is 1. The zero-order valence-electron chi connectivity index (χ0n) is 20.0. The number of rotatable bonds is 6. The number of nitrogens with zero attached hydrogens (tertiary/aromatic N) is 2. The van der Waals surface area contributed by atoms with Crippen LogP contribution < -0.4 is 5.32 Å². The lowest BCUT2D eigenvalue weighted by atomic mass is 9.86. The fourth-order valence-corrected chi connectivity index (χ4v) is 5.01. The first-order valence-electron chi connectivity index (χ1n) is 10.9. The molecule has 1 atom stereocenters. The van der Waals surface area contributed by atoms with Crippen molar-refractivity contribution in [1.82, 2.24) is 4.98 Å². The summed E-state index contributed by atoms with van der Waals surface area (Å²) in [5.74, 6) is -2.07. The van der Waals surface area contributed by atoms with E-state index in [-0.39, 0.29) is 11.2 Å². The maximum absolute atomic E-state index is 13.2. The van der Waals surface area contributed by atoms with Crippen LogP contribution in [0.4, 0.5) is 31.5 Å². The molecule has 6 nitrogen and oxygen atoms in total. The van der Waals surface area contributed by atoms with Gasteiger partial charge in [-0.05, 0) is 35.9 Å². The van der Waals surface area contributed by atoms with E-state index in [0.717, 1.165) is 11.3 Å². The van der Waals surface area contributed by atoms with Gasteiger partial charge in [0, 0.05) is 25.8 Å². The molecule has 2 aromatic carbocycles. The predicted molar refractivity (Wildman–Crippen MR) is 130 cm³/mol. The molecule has 1 unspecified atom stereocenters. The molecule has 14 heteroatoms. The number of nitro groups is 1. The highest BCUT2D eigenvalue weighted by Crippen LogP contribution is 2.41. The zero-order chi connectivity index (χ0) is 28.6. The SMILES string of the molecule is CC(C)(C)c1nc(NC(=O)c2cc(C(F)(F)F)cc(C(F)(F)F)c2)sc1C(C[N+](=O)[O-])c1ccc(Cl)cc1. The summed E-state index contributed by atoms with van der Waals surface area (Å²) < 4.78 is 79.3. The molecule has 0 bridgehead atoms. The highest BCUT2D eigenvalue weighted by molar-refractivity contribution is 7.16. The second kappa shape index (κ2) is 10.5. The van der Waals surface area contributed by atoms with E-state index in [1.165, 1.54) is 0 Å². The van der Waals surface area contributed by atoms with Crippen LogP contribution in [0.15, 0.2) is 42.5 Å². The Hall–Kier alpha value is -3.19. The lowest BCUT2D eigenvalue weighted by Crippen LogP contribution is -2.20. The molecule has 3 aromatic rings. The lowest BCUT2D eigenvalue weighted by molar-refractivity contribution is -0.481. The summed E-state index contributed by atoms with van der Waals surface area (Å²) in [6.07, 6.45) is -10.3. The van der Waals surface area contributed by atoms with Crippen molar-refractivity contribution in [2.45, 2.75) is 44.5 Å². The summed E-state index contributed by atoms with van der Waals surface area (Å²) in [6, 6.07) is 6.85. The van der Waals surface area contributed by atoms with Gasteiger partial charge < -0.3 is 0 Å². The largest absolute Gasteiger partial charge is 0.416 e. The van der Waals surface area contributed by atoms with Crippen molar-refractivity contribution in [1.29, 1.82) is 0 Å². The molecular weight excluding hydrogens is 560 g/mol. The van der Waals surface area contributed by atoms with E-state index in [4.69, 9.17) is 11.6 Å². The lowest BCUT2D eigenvalue weighted by Gasteiger charge is -2.21. The molecule has 38 heavy (non-hydrogen) atoms. The second-order valence-electron chi connectivity index (χ2n) is 9.35. The number of alkyl halides is 6. The molecule has 0 aliphatic heterocycles. The average Bonchev–Trinajstić information content (AvgIpc) is 3.20. The molecule has 0 spiro atoms. The fourth-order valence-electron chi connectivity index (χ4n) is 3.60. The summed E-state index contributed by atoms with van der Waals surface area (Å²) >= 11 is 6.79. The number of carbonyl (C=O) groups is 1. The Balaban J connectivity index is 2.07. The van der Waals surface area contributed by atoms with Crippen molar-refractivity contribution >= 4 is 34.0 Å². The van der Waals surface area contributed by atoms with E-state index in [2.05, 4.69) is 10.3 Å². The van der Waals surface area contributed by atoms with Crippen LogP contribution in [0.2, 0.25) is 5.02 Å². The summed E-state index contributed by atoms with van der Waals surface area (Å²) in [6.45, 7) is 4.77. The van der Waals surface area contributed by atoms with Crippen LogP contribution in [0, 0.1) is 10.1 Å². The van der Waals surface area contributed by atoms with Crippen LogP contribution in [0.5, 0.6) is 0 Å². The molecule has 1 heterocycles. The van der Waals surface area contributed by atoms with Crippen molar-refractivity contribution in [2.24, 2.45) is 0 Å².